The third-order valence-electron chi connectivity index (χ3n) is 3.42. The Hall–Kier alpha value is -0.500. The molecule has 15 heavy (non-hydrogen) atoms. The fourth-order valence-corrected chi connectivity index (χ4v) is 2.21. The van der Waals surface area contributed by atoms with Crippen molar-refractivity contribution in [2.24, 2.45) is 5.92 Å². The van der Waals surface area contributed by atoms with Gasteiger partial charge in [-0.1, -0.05) is 20.4 Å². The highest BCUT2D eigenvalue weighted by molar-refractivity contribution is 5.01. The van der Waals surface area contributed by atoms with Crippen molar-refractivity contribution < 1.29 is 0 Å². The molecule has 1 fully saturated rings. The number of hydrogen-bond donors (Lipinski definition) is 0. The number of nitrogens with zero attached hydrogens (tertiary/aromatic N) is 2. The predicted molar refractivity (Wildman–Crippen MR) is 66.9 cm³/mol. The second kappa shape index (κ2) is 5.02. The molecule has 0 aromatic rings. The van der Waals surface area contributed by atoms with Gasteiger partial charge in [-0.2, -0.15) is 0 Å². The molecule has 0 bridgehead atoms. The van der Waals surface area contributed by atoms with Crippen LogP contribution < -0.4 is 0 Å². The van der Waals surface area contributed by atoms with Gasteiger partial charge in [0.25, 0.3) is 0 Å². The summed E-state index contributed by atoms with van der Waals surface area (Å²) in [5, 5.41) is 0. The Labute approximate surface area is 94.9 Å². The van der Waals surface area contributed by atoms with Crippen LogP contribution in [0, 0.1) is 5.92 Å². The van der Waals surface area contributed by atoms with Gasteiger partial charge in [-0.3, -0.25) is 4.90 Å². The molecule has 0 radical (unpaired) electrons. The molecule has 1 heterocycles. The van der Waals surface area contributed by atoms with Crippen LogP contribution in [0.2, 0.25) is 0 Å². The Balaban J connectivity index is 2.56. The molecule has 0 aromatic heterocycles. The van der Waals surface area contributed by atoms with Crippen molar-refractivity contribution in [3.05, 3.63) is 12.3 Å². The maximum Gasteiger partial charge on any atom is 0.0386 e. The van der Waals surface area contributed by atoms with E-state index in [0.29, 0.717) is 18.0 Å². The van der Waals surface area contributed by atoms with Gasteiger partial charge in [-0.15, -0.1) is 0 Å². The summed E-state index contributed by atoms with van der Waals surface area (Å²) < 4.78 is 0. The first kappa shape index (κ1) is 12.6. The first-order valence-electron chi connectivity index (χ1n) is 6.13. The lowest BCUT2D eigenvalue weighted by Gasteiger charge is -2.44. The third kappa shape index (κ3) is 2.97. The Morgan fingerprint density at radius 2 is 1.80 bits per heavy atom. The molecule has 0 amide bonds. The smallest absolute Gasteiger partial charge is 0.0386 e. The van der Waals surface area contributed by atoms with Crippen LogP contribution >= 0.6 is 0 Å². The minimum atomic E-state index is 0.568. The van der Waals surface area contributed by atoms with Crippen molar-refractivity contribution in [1.82, 2.24) is 9.80 Å². The van der Waals surface area contributed by atoms with E-state index in [2.05, 4.69) is 51.0 Å². The zero-order valence-electron chi connectivity index (χ0n) is 11.0. The van der Waals surface area contributed by atoms with E-state index >= 15 is 0 Å². The molecule has 88 valence electrons. The number of rotatable bonds is 3. The summed E-state index contributed by atoms with van der Waals surface area (Å²) in [6.07, 6.45) is 0. The van der Waals surface area contributed by atoms with Gasteiger partial charge in [0, 0.05) is 37.4 Å². The van der Waals surface area contributed by atoms with E-state index in [0.717, 1.165) is 6.54 Å². The zero-order chi connectivity index (χ0) is 11.6. The molecule has 2 heteroatoms. The molecule has 1 atom stereocenters. The predicted octanol–water partition coefficient (Wildman–Crippen LogP) is 2.57. The van der Waals surface area contributed by atoms with Gasteiger partial charge in [0.05, 0.1) is 0 Å². The molecule has 1 saturated heterocycles. The summed E-state index contributed by atoms with van der Waals surface area (Å²) in [6.45, 7) is 19.0. The van der Waals surface area contributed by atoms with Crippen molar-refractivity contribution in [1.29, 1.82) is 0 Å². The quantitative estimate of drug-likeness (QED) is 0.706. The SMILES string of the molecule is C=C(C(C)C)N1CCN(C(C)C)C[C@@H]1C. The van der Waals surface area contributed by atoms with Crippen LogP contribution in [-0.4, -0.2) is 41.5 Å². The highest BCUT2D eigenvalue weighted by Crippen LogP contribution is 2.20. The van der Waals surface area contributed by atoms with Gasteiger partial charge in [-0.05, 0) is 26.7 Å². The summed E-state index contributed by atoms with van der Waals surface area (Å²) in [7, 11) is 0. The van der Waals surface area contributed by atoms with Gasteiger partial charge in [0.1, 0.15) is 0 Å². The van der Waals surface area contributed by atoms with Crippen molar-refractivity contribution in [3.8, 4) is 0 Å². The second-order valence-electron chi connectivity index (χ2n) is 5.28. The number of piperazine rings is 1. The fourth-order valence-electron chi connectivity index (χ4n) is 2.21. The molecular formula is C13H26N2. The van der Waals surface area contributed by atoms with E-state index in [1.165, 1.54) is 18.8 Å². The van der Waals surface area contributed by atoms with Gasteiger partial charge in [-0.25, -0.2) is 0 Å². The van der Waals surface area contributed by atoms with Crippen molar-refractivity contribution in [3.63, 3.8) is 0 Å². The Bertz CT molecular complexity index is 221. The average molecular weight is 210 g/mol. The monoisotopic (exact) mass is 210 g/mol. The standard InChI is InChI=1S/C13H26N2/c1-10(2)13(6)15-8-7-14(11(3)4)9-12(15)5/h10-12H,6-9H2,1-5H3/t12-/m0/s1. The first-order valence-corrected chi connectivity index (χ1v) is 6.13. The van der Waals surface area contributed by atoms with Gasteiger partial charge in [0.2, 0.25) is 0 Å². The molecule has 1 rings (SSSR count). The van der Waals surface area contributed by atoms with Crippen LogP contribution in [0.5, 0.6) is 0 Å². The van der Waals surface area contributed by atoms with Crippen LogP contribution in [-0.2, 0) is 0 Å². The summed E-state index contributed by atoms with van der Waals surface area (Å²) in [4.78, 5) is 5.03. The molecule has 1 aliphatic heterocycles. The van der Waals surface area contributed by atoms with Crippen LogP contribution in [0.3, 0.4) is 0 Å². The first-order chi connectivity index (χ1) is 6.93. The normalized spacial score (nSPS) is 23.9. The molecule has 1 aliphatic rings. The van der Waals surface area contributed by atoms with Crippen molar-refractivity contribution >= 4 is 0 Å². The second-order valence-corrected chi connectivity index (χ2v) is 5.28. The Morgan fingerprint density at radius 3 is 2.20 bits per heavy atom. The van der Waals surface area contributed by atoms with Gasteiger partial charge < -0.3 is 4.90 Å². The van der Waals surface area contributed by atoms with Crippen molar-refractivity contribution in [2.75, 3.05) is 19.6 Å². The summed E-state index contributed by atoms with van der Waals surface area (Å²) in [6, 6.07) is 1.28. The van der Waals surface area contributed by atoms with Crippen LogP contribution in [0.1, 0.15) is 34.6 Å². The fraction of sp³-hybridized carbons (Fsp3) is 0.846. The number of allylic oxidation sites excluding steroid dienone is 1. The Kier molecular flexibility index (Phi) is 4.21. The van der Waals surface area contributed by atoms with E-state index in [1.807, 2.05) is 0 Å². The largest absolute Gasteiger partial charge is 0.370 e. The maximum atomic E-state index is 4.21. The Morgan fingerprint density at radius 1 is 1.20 bits per heavy atom. The molecule has 0 spiro atoms. The molecule has 0 saturated carbocycles. The lowest BCUT2D eigenvalue weighted by molar-refractivity contribution is 0.0821. The summed E-state index contributed by atoms with van der Waals surface area (Å²) in [5.74, 6) is 0.568. The minimum Gasteiger partial charge on any atom is -0.370 e. The summed E-state index contributed by atoms with van der Waals surface area (Å²) in [5.41, 5.74) is 1.30. The number of hydrogen-bond acceptors (Lipinski definition) is 2. The highest BCUT2D eigenvalue weighted by atomic mass is 15.3. The third-order valence-corrected chi connectivity index (χ3v) is 3.42. The average Bonchev–Trinajstić information content (AvgIpc) is 2.16. The zero-order valence-corrected chi connectivity index (χ0v) is 11.0. The summed E-state index contributed by atoms with van der Waals surface area (Å²) >= 11 is 0. The van der Waals surface area contributed by atoms with Crippen LogP contribution in [0.15, 0.2) is 12.3 Å². The topological polar surface area (TPSA) is 6.48 Å². The van der Waals surface area contributed by atoms with E-state index in [-0.39, 0.29) is 0 Å². The van der Waals surface area contributed by atoms with Crippen LogP contribution in [0.4, 0.5) is 0 Å². The molecule has 2 nitrogen and oxygen atoms in total. The highest BCUT2D eigenvalue weighted by Gasteiger charge is 2.26. The van der Waals surface area contributed by atoms with E-state index in [9.17, 15) is 0 Å². The molecule has 0 unspecified atom stereocenters. The van der Waals surface area contributed by atoms with E-state index in [1.54, 1.807) is 0 Å². The van der Waals surface area contributed by atoms with Crippen molar-refractivity contribution in [2.45, 2.75) is 46.7 Å². The molecular weight excluding hydrogens is 184 g/mol. The minimum absolute atomic E-state index is 0.568. The van der Waals surface area contributed by atoms with Gasteiger partial charge in [0.15, 0.2) is 0 Å². The van der Waals surface area contributed by atoms with E-state index in [4.69, 9.17) is 0 Å². The molecule has 0 N–H and O–H groups in total. The molecule has 0 aliphatic carbocycles. The van der Waals surface area contributed by atoms with Crippen LogP contribution in [0.25, 0.3) is 0 Å². The lowest BCUT2D eigenvalue weighted by atomic mass is 10.1. The molecule has 0 aromatic carbocycles. The van der Waals surface area contributed by atoms with E-state index < -0.39 is 0 Å². The maximum absolute atomic E-state index is 4.21. The lowest BCUT2D eigenvalue weighted by Crippen LogP contribution is -2.53. The van der Waals surface area contributed by atoms with Gasteiger partial charge >= 0.3 is 0 Å².